The van der Waals surface area contributed by atoms with E-state index in [2.05, 4.69) is 21.2 Å². The van der Waals surface area contributed by atoms with E-state index < -0.39 is 12.0 Å². The minimum atomic E-state index is -0.667. The summed E-state index contributed by atoms with van der Waals surface area (Å²) in [6.07, 6.45) is 0. The Kier molecular flexibility index (Phi) is 6.36. The smallest absolute Gasteiger partial charge is 0.329 e. The SMILES string of the molecule is CC(C)[C@@H](NC(=O)c1cccs1)C(=O)OCc1ccc(Br)cc1. The van der Waals surface area contributed by atoms with Crippen molar-refractivity contribution in [1.29, 1.82) is 0 Å². The monoisotopic (exact) mass is 395 g/mol. The summed E-state index contributed by atoms with van der Waals surface area (Å²) in [7, 11) is 0. The van der Waals surface area contributed by atoms with Gasteiger partial charge < -0.3 is 10.1 Å². The van der Waals surface area contributed by atoms with Crippen molar-refractivity contribution in [3.8, 4) is 0 Å². The molecule has 0 spiro atoms. The van der Waals surface area contributed by atoms with Gasteiger partial charge in [-0.25, -0.2) is 4.79 Å². The fraction of sp³-hybridized carbons (Fsp3) is 0.294. The molecular formula is C17H18BrNO3S. The highest BCUT2D eigenvalue weighted by Crippen LogP contribution is 2.14. The Morgan fingerprint density at radius 1 is 1.22 bits per heavy atom. The van der Waals surface area contributed by atoms with Gasteiger partial charge in [-0.05, 0) is 35.1 Å². The second-order valence-corrected chi connectivity index (χ2v) is 7.27. The van der Waals surface area contributed by atoms with Crippen LogP contribution in [0.25, 0.3) is 0 Å². The van der Waals surface area contributed by atoms with Gasteiger partial charge in [0.05, 0.1) is 4.88 Å². The molecule has 2 rings (SSSR count). The number of hydrogen-bond acceptors (Lipinski definition) is 4. The van der Waals surface area contributed by atoms with Crippen LogP contribution >= 0.6 is 27.3 Å². The van der Waals surface area contributed by atoms with Crippen LogP contribution in [-0.4, -0.2) is 17.9 Å². The Hall–Kier alpha value is -1.66. The molecule has 1 atom stereocenters. The van der Waals surface area contributed by atoms with Crippen molar-refractivity contribution >= 4 is 39.1 Å². The Balaban J connectivity index is 1.95. The number of halogens is 1. The van der Waals surface area contributed by atoms with Gasteiger partial charge in [0.15, 0.2) is 0 Å². The van der Waals surface area contributed by atoms with E-state index in [4.69, 9.17) is 4.74 Å². The highest BCUT2D eigenvalue weighted by molar-refractivity contribution is 9.10. The lowest BCUT2D eigenvalue weighted by Gasteiger charge is -2.20. The van der Waals surface area contributed by atoms with Gasteiger partial charge in [-0.3, -0.25) is 4.79 Å². The van der Waals surface area contributed by atoms with Crippen molar-refractivity contribution in [2.24, 2.45) is 5.92 Å². The van der Waals surface area contributed by atoms with Crippen LogP contribution in [0.1, 0.15) is 29.1 Å². The van der Waals surface area contributed by atoms with Gasteiger partial charge in [-0.1, -0.05) is 48.0 Å². The number of amides is 1. The second kappa shape index (κ2) is 8.26. The van der Waals surface area contributed by atoms with Gasteiger partial charge in [0.1, 0.15) is 12.6 Å². The molecule has 0 fully saturated rings. The van der Waals surface area contributed by atoms with E-state index in [-0.39, 0.29) is 18.4 Å². The minimum Gasteiger partial charge on any atom is -0.459 e. The summed E-state index contributed by atoms with van der Waals surface area (Å²) in [4.78, 5) is 25.0. The lowest BCUT2D eigenvalue weighted by atomic mass is 10.0. The molecule has 0 bridgehead atoms. The van der Waals surface area contributed by atoms with Gasteiger partial charge in [-0.15, -0.1) is 11.3 Å². The van der Waals surface area contributed by atoms with Gasteiger partial charge in [0.2, 0.25) is 0 Å². The molecule has 2 aromatic rings. The molecule has 1 aromatic heterocycles. The van der Waals surface area contributed by atoms with Gasteiger partial charge >= 0.3 is 5.97 Å². The summed E-state index contributed by atoms with van der Waals surface area (Å²) in [5.74, 6) is -0.733. The third-order valence-corrected chi connectivity index (χ3v) is 4.64. The van der Waals surface area contributed by atoms with E-state index in [9.17, 15) is 9.59 Å². The summed E-state index contributed by atoms with van der Waals surface area (Å²) >= 11 is 4.70. The fourth-order valence-electron chi connectivity index (χ4n) is 1.94. The number of carbonyl (C=O) groups excluding carboxylic acids is 2. The van der Waals surface area contributed by atoms with E-state index in [1.54, 1.807) is 12.1 Å². The molecular weight excluding hydrogens is 378 g/mol. The molecule has 23 heavy (non-hydrogen) atoms. The first-order chi connectivity index (χ1) is 11.0. The Bertz CT molecular complexity index is 653. The van der Waals surface area contributed by atoms with E-state index in [0.29, 0.717) is 4.88 Å². The Morgan fingerprint density at radius 3 is 2.48 bits per heavy atom. The van der Waals surface area contributed by atoms with Crippen molar-refractivity contribution in [2.75, 3.05) is 0 Å². The van der Waals surface area contributed by atoms with Crippen LogP contribution in [0.3, 0.4) is 0 Å². The topological polar surface area (TPSA) is 55.4 Å². The van der Waals surface area contributed by atoms with Crippen molar-refractivity contribution in [2.45, 2.75) is 26.5 Å². The molecule has 1 heterocycles. The van der Waals surface area contributed by atoms with Crippen molar-refractivity contribution in [3.63, 3.8) is 0 Å². The van der Waals surface area contributed by atoms with E-state index in [0.717, 1.165) is 10.0 Å². The lowest BCUT2D eigenvalue weighted by Crippen LogP contribution is -2.45. The number of nitrogens with one attached hydrogen (secondary N) is 1. The molecule has 0 aliphatic rings. The quantitative estimate of drug-likeness (QED) is 0.751. The molecule has 0 saturated carbocycles. The summed E-state index contributed by atoms with van der Waals surface area (Å²) in [5, 5.41) is 4.58. The molecule has 0 radical (unpaired) electrons. The number of carbonyl (C=O) groups is 2. The zero-order valence-electron chi connectivity index (χ0n) is 12.9. The molecule has 1 N–H and O–H groups in total. The van der Waals surface area contributed by atoms with Crippen molar-refractivity contribution in [3.05, 3.63) is 56.7 Å². The first kappa shape index (κ1) is 17.7. The molecule has 1 aromatic carbocycles. The molecule has 0 aliphatic heterocycles. The summed E-state index contributed by atoms with van der Waals surface area (Å²) in [6.45, 7) is 3.94. The minimum absolute atomic E-state index is 0.0590. The highest BCUT2D eigenvalue weighted by Gasteiger charge is 2.26. The average molecular weight is 396 g/mol. The van der Waals surface area contributed by atoms with E-state index >= 15 is 0 Å². The predicted octanol–water partition coefficient (Wildman–Crippen LogP) is 4.01. The predicted molar refractivity (Wildman–Crippen MR) is 94.3 cm³/mol. The molecule has 4 nitrogen and oxygen atoms in total. The molecule has 0 saturated heterocycles. The van der Waals surface area contributed by atoms with Crippen LogP contribution in [-0.2, 0) is 16.1 Å². The maximum atomic E-state index is 12.3. The van der Waals surface area contributed by atoms with Crippen LogP contribution in [0.4, 0.5) is 0 Å². The fourth-order valence-corrected chi connectivity index (χ4v) is 2.83. The van der Waals surface area contributed by atoms with Gasteiger partial charge in [0.25, 0.3) is 5.91 Å². The largest absolute Gasteiger partial charge is 0.459 e. The average Bonchev–Trinajstić information content (AvgIpc) is 3.05. The lowest BCUT2D eigenvalue weighted by molar-refractivity contribution is -0.148. The van der Waals surface area contributed by atoms with Crippen LogP contribution in [0.15, 0.2) is 46.3 Å². The standard InChI is InChI=1S/C17H18BrNO3S/c1-11(2)15(19-16(20)14-4-3-9-23-14)17(21)22-10-12-5-7-13(18)8-6-12/h3-9,11,15H,10H2,1-2H3,(H,19,20)/t15-/m1/s1. The molecule has 122 valence electrons. The first-order valence-electron chi connectivity index (χ1n) is 7.23. The highest BCUT2D eigenvalue weighted by atomic mass is 79.9. The third-order valence-electron chi connectivity index (χ3n) is 3.25. The van der Waals surface area contributed by atoms with Gasteiger partial charge in [-0.2, -0.15) is 0 Å². The zero-order chi connectivity index (χ0) is 16.8. The van der Waals surface area contributed by atoms with Crippen LogP contribution in [0.2, 0.25) is 0 Å². The number of ether oxygens (including phenoxy) is 1. The Morgan fingerprint density at radius 2 is 1.91 bits per heavy atom. The normalized spacial score (nSPS) is 12.0. The van der Waals surface area contributed by atoms with Gasteiger partial charge in [0, 0.05) is 4.47 Å². The summed E-state index contributed by atoms with van der Waals surface area (Å²) in [6, 6.07) is 10.4. The van der Waals surface area contributed by atoms with Crippen LogP contribution in [0.5, 0.6) is 0 Å². The maximum Gasteiger partial charge on any atom is 0.329 e. The van der Waals surface area contributed by atoms with Crippen molar-refractivity contribution in [1.82, 2.24) is 5.32 Å². The second-order valence-electron chi connectivity index (χ2n) is 5.41. The number of esters is 1. The number of hydrogen-bond donors (Lipinski definition) is 1. The zero-order valence-corrected chi connectivity index (χ0v) is 15.3. The third kappa shape index (κ3) is 5.18. The molecule has 0 unspecified atom stereocenters. The van der Waals surface area contributed by atoms with Crippen molar-refractivity contribution < 1.29 is 14.3 Å². The van der Waals surface area contributed by atoms with Crippen LogP contribution < -0.4 is 5.32 Å². The first-order valence-corrected chi connectivity index (χ1v) is 8.90. The van der Waals surface area contributed by atoms with E-state index in [1.807, 2.05) is 43.5 Å². The number of benzene rings is 1. The van der Waals surface area contributed by atoms with E-state index in [1.165, 1.54) is 11.3 Å². The maximum absolute atomic E-state index is 12.3. The summed E-state index contributed by atoms with van der Waals surface area (Å²) in [5.41, 5.74) is 0.897. The molecule has 6 heteroatoms. The molecule has 0 aliphatic carbocycles. The Labute approximate surface area is 148 Å². The number of thiophene rings is 1. The number of rotatable bonds is 6. The summed E-state index contributed by atoms with van der Waals surface area (Å²) < 4.78 is 6.31. The van der Waals surface area contributed by atoms with Crippen LogP contribution in [0, 0.1) is 5.92 Å². The molecule has 1 amide bonds.